The van der Waals surface area contributed by atoms with Crippen LogP contribution in [0, 0.1) is 34.5 Å². The van der Waals surface area contributed by atoms with Crippen LogP contribution < -0.4 is 5.73 Å². The SMILES string of the molecule is CC(C)C1=C2OC(N)=C(C#N)C(C#N)=C2[C@H](C)CC1. The minimum atomic E-state index is 0.0463. The summed E-state index contributed by atoms with van der Waals surface area (Å²) in [7, 11) is 0. The maximum absolute atomic E-state index is 9.37. The fourth-order valence-electron chi connectivity index (χ4n) is 2.70. The Hall–Kier alpha value is -2.20. The number of rotatable bonds is 1. The molecule has 0 bridgehead atoms. The van der Waals surface area contributed by atoms with Crippen molar-refractivity contribution in [3.63, 3.8) is 0 Å². The van der Waals surface area contributed by atoms with Crippen LogP contribution in [0.1, 0.15) is 33.6 Å². The van der Waals surface area contributed by atoms with Crippen molar-refractivity contribution in [2.75, 3.05) is 0 Å². The quantitative estimate of drug-likeness (QED) is 0.780. The van der Waals surface area contributed by atoms with Crippen molar-refractivity contribution >= 4 is 0 Å². The highest BCUT2D eigenvalue weighted by Gasteiger charge is 2.34. The minimum Gasteiger partial charge on any atom is -0.440 e. The summed E-state index contributed by atoms with van der Waals surface area (Å²) < 4.78 is 5.68. The third-order valence-electron chi connectivity index (χ3n) is 3.77. The molecular weight excluding hydrogens is 238 g/mol. The Kier molecular flexibility index (Phi) is 3.36. The van der Waals surface area contributed by atoms with E-state index in [1.54, 1.807) is 0 Å². The van der Waals surface area contributed by atoms with Gasteiger partial charge in [-0.2, -0.15) is 10.5 Å². The standard InChI is InChI=1S/C15H17N3O/c1-8(2)10-5-4-9(3)13-11(6-16)12(7-17)15(18)19-14(10)13/h8-9H,4-5,18H2,1-3H3/t9-/m1/s1. The second-order valence-electron chi connectivity index (χ2n) is 5.30. The summed E-state index contributed by atoms with van der Waals surface area (Å²) in [5, 5.41) is 18.5. The lowest BCUT2D eigenvalue weighted by atomic mass is 9.77. The van der Waals surface area contributed by atoms with Crippen LogP contribution in [0.3, 0.4) is 0 Å². The molecule has 19 heavy (non-hydrogen) atoms. The van der Waals surface area contributed by atoms with E-state index in [-0.39, 0.29) is 17.4 Å². The molecule has 0 amide bonds. The van der Waals surface area contributed by atoms with Gasteiger partial charge in [0.1, 0.15) is 23.5 Å². The fourth-order valence-corrected chi connectivity index (χ4v) is 2.70. The number of allylic oxidation sites excluding steroid dienone is 4. The Morgan fingerprint density at radius 3 is 2.42 bits per heavy atom. The molecular formula is C15H17N3O. The van der Waals surface area contributed by atoms with Crippen LogP contribution in [0.5, 0.6) is 0 Å². The van der Waals surface area contributed by atoms with E-state index in [9.17, 15) is 5.26 Å². The molecule has 1 atom stereocenters. The molecule has 0 unspecified atom stereocenters. The van der Waals surface area contributed by atoms with Gasteiger partial charge in [-0.1, -0.05) is 20.8 Å². The summed E-state index contributed by atoms with van der Waals surface area (Å²) in [6, 6.07) is 4.11. The van der Waals surface area contributed by atoms with Gasteiger partial charge in [-0.15, -0.1) is 0 Å². The summed E-state index contributed by atoms with van der Waals surface area (Å²) >= 11 is 0. The molecule has 2 N–H and O–H groups in total. The number of nitrogens with zero attached hydrogens (tertiary/aromatic N) is 2. The van der Waals surface area contributed by atoms with Crippen molar-refractivity contribution in [3.05, 3.63) is 33.9 Å². The van der Waals surface area contributed by atoms with Crippen LogP contribution in [-0.4, -0.2) is 0 Å². The largest absolute Gasteiger partial charge is 0.440 e. The van der Waals surface area contributed by atoms with E-state index in [4.69, 9.17) is 15.7 Å². The zero-order chi connectivity index (χ0) is 14.2. The molecule has 1 aliphatic heterocycles. The van der Waals surface area contributed by atoms with Crippen LogP contribution in [0.2, 0.25) is 0 Å². The smallest absolute Gasteiger partial charge is 0.210 e. The van der Waals surface area contributed by atoms with E-state index in [1.165, 1.54) is 5.57 Å². The first-order valence-electron chi connectivity index (χ1n) is 6.47. The van der Waals surface area contributed by atoms with Crippen LogP contribution in [0.4, 0.5) is 0 Å². The van der Waals surface area contributed by atoms with E-state index >= 15 is 0 Å². The third-order valence-corrected chi connectivity index (χ3v) is 3.77. The van der Waals surface area contributed by atoms with Crippen LogP contribution >= 0.6 is 0 Å². The zero-order valence-electron chi connectivity index (χ0n) is 11.4. The first-order chi connectivity index (χ1) is 9.01. The molecule has 2 aliphatic rings. The highest BCUT2D eigenvalue weighted by atomic mass is 16.5. The molecule has 2 rings (SSSR count). The average molecular weight is 255 g/mol. The van der Waals surface area contributed by atoms with Gasteiger partial charge in [0.05, 0.1) is 5.57 Å². The first kappa shape index (κ1) is 13.2. The number of hydrogen-bond donors (Lipinski definition) is 1. The summed E-state index contributed by atoms with van der Waals surface area (Å²) in [6.07, 6.45) is 1.92. The molecule has 0 spiro atoms. The number of nitriles is 2. The van der Waals surface area contributed by atoms with Crippen LogP contribution in [-0.2, 0) is 4.74 Å². The fraction of sp³-hybridized carbons (Fsp3) is 0.467. The van der Waals surface area contributed by atoms with Crippen molar-refractivity contribution in [3.8, 4) is 12.1 Å². The van der Waals surface area contributed by atoms with Crippen molar-refractivity contribution in [1.82, 2.24) is 0 Å². The van der Waals surface area contributed by atoms with Gasteiger partial charge < -0.3 is 10.5 Å². The number of hydrogen-bond acceptors (Lipinski definition) is 4. The highest BCUT2D eigenvalue weighted by molar-refractivity contribution is 5.61. The highest BCUT2D eigenvalue weighted by Crippen LogP contribution is 2.43. The second kappa shape index (κ2) is 4.82. The van der Waals surface area contributed by atoms with E-state index < -0.39 is 0 Å². The van der Waals surface area contributed by atoms with E-state index in [1.807, 2.05) is 6.07 Å². The topological polar surface area (TPSA) is 82.8 Å². The average Bonchev–Trinajstić information content (AvgIpc) is 2.37. The van der Waals surface area contributed by atoms with Gasteiger partial charge in [0.25, 0.3) is 0 Å². The molecule has 4 heteroatoms. The maximum Gasteiger partial charge on any atom is 0.210 e. The molecule has 1 heterocycles. The monoisotopic (exact) mass is 255 g/mol. The normalized spacial score (nSPS) is 22.9. The minimum absolute atomic E-state index is 0.0463. The zero-order valence-corrected chi connectivity index (χ0v) is 11.4. The van der Waals surface area contributed by atoms with E-state index in [2.05, 4.69) is 26.8 Å². The molecule has 4 nitrogen and oxygen atoms in total. The van der Waals surface area contributed by atoms with Crippen molar-refractivity contribution < 1.29 is 4.74 Å². The predicted octanol–water partition coefficient (Wildman–Crippen LogP) is 2.87. The molecule has 0 saturated heterocycles. The number of fused-ring (bicyclic) bond motifs is 1. The van der Waals surface area contributed by atoms with Gasteiger partial charge in [-0.3, -0.25) is 0 Å². The maximum atomic E-state index is 9.37. The Morgan fingerprint density at radius 2 is 1.89 bits per heavy atom. The Bertz CT molecular complexity index is 594. The lowest BCUT2D eigenvalue weighted by molar-refractivity contribution is 0.271. The molecule has 98 valence electrons. The molecule has 0 aromatic carbocycles. The Labute approximate surface area is 113 Å². The summed E-state index contributed by atoms with van der Waals surface area (Å²) in [5.41, 5.74) is 8.36. The number of ether oxygens (including phenoxy) is 1. The summed E-state index contributed by atoms with van der Waals surface area (Å²) in [5.74, 6) is 1.32. The van der Waals surface area contributed by atoms with E-state index in [0.29, 0.717) is 11.5 Å². The molecule has 0 saturated carbocycles. The lowest BCUT2D eigenvalue weighted by Crippen LogP contribution is -2.24. The van der Waals surface area contributed by atoms with Gasteiger partial charge in [-0.05, 0) is 30.3 Å². The van der Waals surface area contributed by atoms with Crippen molar-refractivity contribution in [1.29, 1.82) is 10.5 Å². The van der Waals surface area contributed by atoms with Gasteiger partial charge in [0.15, 0.2) is 0 Å². The molecule has 0 aromatic rings. The summed E-state index contributed by atoms with van der Waals surface area (Å²) in [4.78, 5) is 0. The predicted molar refractivity (Wildman–Crippen MR) is 70.8 cm³/mol. The molecule has 0 aromatic heterocycles. The second-order valence-corrected chi connectivity index (χ2v) is 5.30. The van der Waals surface area contributed by atoms with Crippen molar-refractivity contribution in [2.24, 2.45) is 17.6 Å². The Balaban J connectivity index is 2.73. The molecule has 0 radical (unpaired) electrons. The molecule has 0 fully saturated rings. The molecule has 1 aliphatic carbocycles. The van der Waals surface area contributed by atoms with Crippen LogP contribution in [0.25, 0.3) is 0 Å². The first-order valence-corrected chi connectivity index (χ1v) is 6.47. The third kappa shape index (κ3) is 2.00. The van der Waals surface area contributed by atoms with Gasteiger partial charge >= 0.3 is 0 Å². The van der Waals surface area contributed by atoms with Gasteiger partial charge in [0.2, 0.25) is 5.88 Å². The van der Waals surface area contributed by atoms with Crippen molar-refractivity contribution in [2.45, 2.75) is 33.6 Å². The van der Waals surface area contributed by atoms with Gasteiger partial charge in [-0.25, -0.2) is 0 Å². The number of nitrogens with two attached hydrogens (primary N) is 1. The Morgan fingerprint density at radius 1 is 1.26 bits per heavy atom. The summed E-state index contributed by atoms with van der Waals surface area (Å²) in [6.45, 7) is 6.26. The van der Waals surface area contributed by atoms with Gasteiger partial charge in [0, 0.05) is 5.57 Å². The van der Waals surface area contributed by atoms with Crippen LogP contribution in [0.15, 0.2) is 33.9 Å². The van der Waals surface area contributed by atoms with E-state index in [0.717, 1.165) is 24.2 Å². The lowest BCUT2D eigenvalue weighted by Gasteiger charge is -2.33.